The van der Waals surface area contributed by atoms with E-state index in [1.807, 2.05) is 4.57 Å². The number of aromatic nitrogens is 3. The van der Waals surface area contributed by atoms with E-state index < -0.39 is 11.3 Å². The highest BCUT2D eigenvalue weighted by Crippen LogP contribution is 2.29. The van der Waals surface area contributed by atoms with Gasteiger partial charge in [-0.2, -0.15) is 0 Å². The minimum Gasteiger partial charge on any atom is -0.345 e. The van der Waals surface area contributed by atoms with Gasteiger partial charge in [-0.05, 0) is 25.0 Å². The van der Waals surface area contributed by atoms with Crippen LogP contribution in [0.4, 0.5) is 5.69 Å². The van der Waals surface area contributed by atoms with Crippen molar-refractivity contribution in [3.63, 3.8) is 0 Å². The molecule has 4 heterocycles. The normalized spacial score (nSPS) is 14.7. The van der Waals surface area contributed by atoms with Crippen LogP contribution in [0.3, 0.4) is 0 Å². The number of carbonyl (C=O) groups excluding carboxylic acids is 2. The van der Waals surface area contributed by atoms with Crippen molar-refractivity contribution in [2.45, 2.75) is 18.9 Å². The lowest BCUT2D eigenvalue weighted by molar-refractivity contribution is -0.119. The number of nitrogens with zero attached hydrogens (tertiary/aromatic N) is 4. The lowest BCUT2D eigenvalue weighted by Gasteiger charge is -2.31. The highest BCUT2D eigenvalue weighted by atomic mass is 35.5. The number of carbonyl (C=O) groups is 2. The number of likely N-dealkylation sites (tertiary alicyclic amines) is 1. The summed E-state index contributed by atoms with van der Waals surface area (Å²) in [6, 6.07) is 3.30. The minimum atomic E-state index is -0.625. The number of fused-ring (bicyclic) bond motifs is 1. The van der Waals surface area contributed by atoms with Crippen LogP contribution in [-0.2, 0) is 4.79 Å². The third kappa shape index (κ3) is 3.76. The number of hydrogen-bond acceptors (Lipinski definition) is 5. The largest absolute Gasteiger partial charge is 0.345 e. The molecule has 1 fully saturated rings. The third-order valence-corrected chi connectivity index (χ3v) is 5.74. The molecular formula is C20H17Cl2N5O3. The summed E-state index contributed by atoms with van der Waals surface area (Å²) in [6.45, 7) is 1.19. The van der Waals surface area contributed by atoms with Crippen molar-refractivity contribution in [1.29, 1.82) is 0 Å². The van der Waals surface area contributed by atoms with Gasteiger partial charge in [0.1, 0.15) is 11.2 Å². The standard InChI is InChI=1S/C20H17Cl2N5O3/c21-15-8-23-9-16(22)17(15)25-20(30)14-10-27(12-3-6-26(11-28)7-4-12)19-13(18(14)29)2-1-5-24-19/h1-2,5,8-12H,3-4,6-7H2,(H,23,25,30). The number of hydrogen-bond donors (Lipinski definition) is 1. The molecule has 3 aromatic rings. The summed E-state index contributed by atoms with van der Waals surface area (Å²) in [7, 11) is 0. The van der Waals surface area contributed by atoms with Crippen LogP contribution in [-0.4, -0.2) is 44.8 Å². The van der Waals surface area contributed by atoms with Crippen LogP contribution in [0.15, 0.2) is 41.7 Å². The number of rotatable bonds is 4. The van der Waals surface area contributed by atoms with E-state index in [0.717, 1.165) is 6.41 Å². The van der Waals surface area contributed by atoms with Gasteiger partial charge in [0.05, 0.1) is 21.1 Å². The molecule has 1 saturated heterocycles. The Morgan fingerprint density at radius 1 is 1.20 bits per heavy atom. The number of nitrogens with one attached hydrogen (secondary N) is 1. The molecule has 0 saturated carbocycles. The molecule has 0 aliphatic carbocycles. The highest BCUT2D eigenvalue weighted by molar-refractivity contribution is 6.39. The molecule has 1 aliphatic rings. The van der Waals surface area contributed by atoms with Crippen LogP contribution in [0.2, 0.25) is 10.0 Å². The molecule has 3 aromatic heterocycles. The summed E-state index contributed by atoms with van der Waals surface area (Å²) in [4.78, 5) is 46.9. The fourth-order valence-corrected chi connectivity index (χ4v) is 4.06. The molecule has 30 heavy (non-hydrogen) atoms. The second-order valence-electron chi connectivity index (χ2n) is 6.96. The highest BCUT2D eigenvalue weighted by Gasteiger charge is 2.24. The summed E-state index contributed by atoms with van der Waals surface area (Å²) in [6.07, 6.45) is 8.05. The summed E-state index contributed by atoms with van der Waals surface area (Å²) >= 11 is 12.2. The number of amides is 2. The molecule has 8 nitrogen and oxygen atoms in total. The van der Waals surface area contributed by atoms with Crippen LogP contribution in [0.25, 0.3) is 11.0 Å². The van der Waals surface area contributed by atoms with Gasteiger partial charge in [-0.3, -0.25) is 19.4 Å². The van der Waals surface area contributed by atoms with Gasteiger partial charge in [-0.25, -0.2) is 4.98 Å². The second kappa shape index (κ2) is 8.41. The van der Waals surface area contributed by atoms with Crippen LogP contribution in [0, 0.1) is 0 Å². The fourth-order valence-electron chi connectivity index (χ4n) is 3.60. The summed E-state index contributed by atoms with van der Waals surface area (Å²) < 4.78 is 1.85. The first kappa shape index (κ1) is 20.3. The van der Waals surface area contributed by atoms with E-state index in [-0.39, 0.29) is 27.3 Å². The summed E-state index contributed by atoms with van der Waals surface area (Å²) in [5.41, 5.74) is 0.217. The van der Waals surface area contributed by atoms with Crippen molar-refractivity contribution >= 4 is 52.2 Å². The van der Waals surface area contributed by atoms with Crippen molar-refractivity contribution in [3.05, 3.63) is 62.8 Å². The van der Waals surface area contributed by atoms with Crippen LogP contribution < -0.4 is 10.7 Å². The summed E-state index contributed by atoms with van der Waals surface area (Å²) in [5, 5.41) is 3.29. The zero-order chi connectivity index (χ0) is 21.3. The average Bonchev–Trinajstić information content (AvgIpc) is 2.77. The van der Waals surface area contributed by atoms with Gasteiger partial charge in [0, 0.05) is 43.9 Å². The van der Waals surface area contributed by atoms with Gasteiger partial charge in [0.2, 0.25) is 11.8 Å². The molecule has 1 aliphatic heterocycles. The number of piperidine rings is 1. The van der Waals surface area contributed by atoms with Crippen LogP contribution >= 0.6 is 23.2 Å². The van der Waals surface area contributed by atoms with E-state index in [2.05, 4.69) is 15.3 Å². The van der Waals surface area contributed by atoms with E-state index in [4.69, 9.17) is 23.2 Å². The van der Waals surface area contributed by atoms with Gasteiger partial charge in [0.15, 0.2) is 0 Å². The van der Waals surface area contributed by atoms with Crippen molar-refractivity contribution in [2.24, 2.45) is 0 Å². The molecule has 0 bridgehead atoms. The quantitative estimate of drug-likeness (QED) is 0.622. The molecular weight excluding hydrogens is 429 g/mol. The Hall–Kier alpha value is -2.97. The van der Waals surface area contributed by atoms with Crippen molar-refractivity contribution in [1.82, 2.24) is 19.4 Å². The van der Waals surface area contributed by atoms with E-state index in [9.17, 15) is 14.4 Å². The molecule has 1 N–H and O–H groups in total. The average molecular weight is 446 g/mol. The molecule has 154 valence electrons. The monoisotopic (exact) mass is 445 g/mol. The molecule has 0 radical (unpaired) electrons. The zero-order valence-electron chi connectivity index (χ0n) is 15.7. The van der Waals surface area contributed by atoms with Gasteiger partial charge in [0.25, 0.3) is 5.91 Å². The van der Waals surface area contributed by atoms with Gasteiger partial charge in [-0.15, -0.1) is 0 Å². The maximum atomic E-state index is 13.0. The Morgan fingerprint density at radius 3 is 2.57 bits per heavy atom. The molecule has 4 rings (SSSR count). The maximum Gasteiger partial charge on any atom is 0.261 e. The lowest BCUT2D eigenvalue weighted by Crippen LogP contribution is -2.34. The van der Waals surface area contributed by atoms with Crippen LogP contribution in [0.5, 0.6) is 0 Å². The van der Waals surface area contributed by atoms with Gasteiger partial charge in [-0.1, -0.05) is 23.2 Å². The molecule has 0 aromatic carbocycles. The first-order chi connectivity index (χ1) is 14.5. The van der Waals surface area contributed by atoms with E-state index in [0.29, 0.717) is 37.0 Å². The number of pyridine rings is 3. The Bertz CT molecular complexity index is 1170. The SMILES string of the molecule is O=CN1CCC(n2cc(C(=O)Nc3c(Cl)cncc3Cl)c(=O)c3cccnc32)CC1. The number of anilines is 1. The Morgan fingerprint density at radius 2 is 1.90 bits per heavy atom. The lowest BCUT2D eigenvalue weighted by atomic mass is 10.0. The van der Waals surface area contributed by atoms with Crippen molar-refractivity contribution in [3.8, 4) is 0 Å². The Kier molecular flexibility index (Phi) is 5.69. The van der Waals surface area contributed by atoms with E-state index in [1.54, 1.807) is 23.2 Å². The Balaban J connectivity index is 1.77. The molecule has 2 amide bonds. The molecule has 0 unspecified atom stereocenters. The van der Waals surface area contributed by atoms with Crippen molar-refractivity contribution in [2.75, 3.05) is 18.4 Å². The maximum absolute atomic E-state index is 13.0. The second-order valence-corrected chi connectivity index (χ2v) is 7.77. The predicted molar refractivity (Wildman–Crippen MR) is 114 cm³/mol. The predicted octanol–water partition coefficient (Wildman–Crippen LogP) is 3.14. The van der Waals surface area contributed by atoms with Gasteiger partial charge >= 0.3 is 0 Å². The first-order valence-electron chi connectivity index (χ1n) is 9.29. The van der Waals surface area contributed by atoms with Gasteiger partial charge < -0.3 is 14.8 Å². The first-order valence-corrected chi connectivity index (χ1v) is 10.0. The molecule has 0 atom stereocenters. The smallest absolute Gasteiger partial charge is 0.261 e. The number of halogens is 2. The van der Waals surface area contributed by atoms with E-state index in [1.165, 1.54) is 18.6 Å². The van der Waals surface area contributed by atoms with E-state index >= 15 is 0 Å². The summed E-state index contributed by atoms with van der Waals surface area (Å²) in [5.74, 6) is -0.625. The Labute approximate surface area is 181 Å². The van der Waals surface area contributed by atoms with Crippen molar-refractivity contribution < 1.29 is 9.59 Å². The van der Waals surface area contributed by atoms with Crippen LogP contribution in [0.1, 0.15) is 29.2 Å². The third-order valence-electron chi connectivity index (χ3n) is 5.17. The minimum absolute atomic E-state index is 0.00106. The topological polar surface area (TPSA) is 97.2 Å². The molecule has 10 heteroatoms. The molecule has 0 spiro atoms. The zero-order valence-corrected chi connectivity index (χ0v) is 17.2. The fraction of sp³-hybridized carbons (Fsp3) is 0.250.